The van der Waals surface area contributed by atoms with Gasteiger partial charge in [-0.05, 0) is 56.9 Å². The van der Waals surface area contributed by atoms with Crippen LogP contribution < -0.4 is 15.5 Å². The normalized spacial score (nSPS) is 18.0. The lowest BCUT2D eigenvalue weighted by Gasteiger charge is -2.29. The molecule has 0 unspecified atom stereocenters. The van der Waals surface area contributed by atoms with Crippen LogP contribution in [0, 0.1) is 12.8 Å². The second-order valence-electron chi connectivity index (χ2n) is 8.51. The monoisotopic (exact) mass is 458 g/mol. The maximum Gasteiger partial charge on any atom is 0.229 e. The SMILES string of the molecule is Cc1cc(N2CCCC2)nc(Nc2ccc(NC(=O)C3CCN(S(C)(=O)=O)CC3)cc2)n1. The molecule has 1 amide bonds. The van der Waals surface area contributed by atoms with Crippen molar-refractivity contribution in [3.63, 3.8) is 0 Å². The first-order valence-electron chi connectivity index (χ1n) is 11.0. The number of nitrogens with one attached hydrogen (secondary N) is 2. The molecule has 10 heteroatoms. The summed E-state index contributed by atoms with van der Waals surface area (Å²) in [5.74, 6) is 1.25. The summed E-state index contributed by atoms with van der Waals surface area (Å²) in [5, 5.41) is 6.19. The van der Waals surface area contributed by atoms with E-state index in [1.165, 1.54) is 23.4 Å². The van der Waals surface area contributed by atoms with Crippen LogP contribution in [0.5, 0.6) is 0 Å². The number of rotatable bonds is 6. The van der Waals surface area contributed by atoms with Gasteiger partial charge in [0.25, 0.3) is 0 Å². The third kappa shape index (κ3) is 5.55. The Bertz CT molecular complexity index is 1060. The lowest BCUT2D eigenvalue weighted by Crippen LogP contribution is -2.40. The van der Waals surface area contributed by atoms with Gasteiger partial charge in [0, 0.05) is 55.2 Å². The molecular formula is C22H30N6O3S. The molecule has 0 aliphatic carbocycles. The number of aryl methyl sites for hydroxylation is 1. The van der Waals surface area contributed by atoms with E-state index in [0.29, 0.717) is 37.6 Å². The summed E-state index contributed by atoms with van der Waals surface area (Å²) in [6.45, 7) is 4.78. The number of nitrogens with zero attached hydrogens (tertiary/aromatic N) is 4. The number of hydrogen-bond donors (Lipinski definition) is 2. The minimum Gasteiger partial charge on any atom is -0.356 e. The number of sulfonamides is 1. The van der Waals surface area contributed by atoms with Crippen molar-refractivity contribution < 1.29 is 13.2 Å². The van der Waals surface area contributed by atoms with E-state index < -0.39 is 10.0 Å². The van der Waals surface area contributed by atoms with Crippen molar-refractivity contribution in [2.75, 3.05) is 48.0 Å². The van der Waals surface area contributed by atoms with Gasteiger partial charge >= 0.3 is 0 Å². The van der Waals surface area contributed by atoms with Gasteiger partial charge in [-0.25, -0.2) is 17.7 Å². The Labute approximate surface area is 189 Å². The average molecular weight is 459 g/mol. The second kappa shape index (κ2) is 9.41. The molecule has 1 aromatic carbocycles. The van der Waals surface area contributed by atoms with Crippen LogP contribution in [-0.4, -0.2) is 61.0 Å². The fourth-order valence-electron chi connectivity index (χ4n) is 4.18. The zero-order valence-electron chi connectivity index (χ0n) is 18.5. The number of piperidine rings is 1. The second-order valence-corrected chi connectivity index (χ2v) is 10.5. The van der Waals surface area contributed by atoms with Crippen molar-refractivity contribution in [1.29, 1.82) is 0 Å². The Balaban J connectivity index is 1.34. The van der Waals surface area contributed by atoms with Crippen LogP contribution in [0.4, 0.5) is 23.1 Å². The van der Waals surface area contributed by atoms with Crippen LogP contribution >= 0.6 is 0 Å². The molecule has 1 aromatic heterocycles. The summed E-state index contributed by atoms with van der Waals surface area (Å²) >= 11 is 0. The topological polar surface area (TPSA) is 108 Å². The molecule has 2 N–H and O–H groups in total. The number of hydrogen-bond acceptors (Lipinski definition) is 7. The zero-order valence-corrected chi connectivity index (χ0v) is 19.4. The van der Waals surface area contributed by atoms with Gasteiger partial charge in [-0.2, -0.15) is 4.98 Å². The van der Waals surface area contributed by atoms with Gasteiger partial charge in [-0.3, -0.25) is 4.79 Å². The van der Waals surface area contributed by atoms with Crippen molar-refractivity contribution in [3.8, 4) is 0 Å². The average Bonchev–Trinajstić information content (AvgIpc) is 3.29. The molecule has 0 radical (unpaired) electrons. The van der Waals surface area contributed by atoms with Gasteiger partial charge < -0.3 is 15.5 Å². The highest BCUT2D eigenvalue weighted by atomic mass is 32.2. The lowest BCUT2D eigenvalue weighted by atomic mass is 9.97. The highest BCUT2D eigenvalue weighted by molar-refractivity contribution is 7.88. The first-order chi connectivity index (χ1) is 15.3. The summed E-state index contributed by atoms with van der Waals surface area (Å²) < 4.78 is 24.7. The van der Waals surface area contributed by atoms with Crippen molar-refractivity contribution in [1.82, 2.24) is 14.3 Å². The van der Waals surface area contributed by atoms with E-state index in [2.05, 4.69) is 25.5 Å². The quantitative estimate of drug-likeness (QED) is 0.685. The number of aromatic nitrogens is 2. The Morgan fingerprint density at radius 2 is 1.62 bits per heavy atom. The molecule has 172 valence electrons. The Hall–Kier alpha value is -2.72. The minimum absolute atomic E-state index is 0.0730. The Kier molecular flexibility index (Phi) is 6.61. The van der Waals surface area contributed by atoms with Crippen LogP contribution in [0.2, 0.25) is 0 Å². The molecule has 3 heterocycles. The van der Waals surface area contributed by atoms with E-state index in [-0.39, 0.29) is 11.8 Å². The van der Waals surface area contributed by atoms with Gasteiger partial charge in [-0.1, -0.05) is 0 Å². The van der Waals surface area contributed by atoms with E-state index in [4.69, 9.17) is 0 Å². The molecule has 2 aromatic rings. The molecule has 2 saturated heterocycles. The molecule has 0 spiro atoms. The van der Waals surface area contributed by atoms with Gasteiger partial charge in [-0.15, -0.1) is 0 Å². The van der Waals surface area contributed by atoms with Crippen molar-refractivity contribution in [2.24, 2.45) is 5.92 Å². The molecule has 9 nitrogen and oxygen atoms in total. The fraction of sp³-hybridized carbons (Fsp3) is 0.500. The van der Waals surface area contributed by atoms with E-state index in [9.17, 15) is 13.2 Å². The Morgan fingerprint density at radius 3 is 2.25 bits per heavy atom. The number of carbonyl (C=O) groups excluding carboxylic acids is 1. The van der Waals surface area contributed by atoms with E-state index in [0.717, 1.165) is 30.3 Å². The predicted octanol–water partition coefficient (Wildman–Crippen LogP) is 2.74. The number of amides is 1. The summed E-state index contributed by atoms with van der Waals surface area (Å²) in [6, 6.07) is 9.44. The van der Waals surface area contributed by atoms with Crippen LogP contribution in [0.1, 0.15) is 31.4 Å². The highest BCUT2D eigenvalue weighted by Crippen LogP contribution is 2.24. The number of carbonyl (C=O) groups is 1. The maximum atomic E-state index is 12.6. The molecule has 2 fully saturated rings. The van der Waals surface area contributed by atoms with Crippen LogP contribution in [-0.2, 0) is 14.8 Å². The van der Waals surface area contributed by atoms with Crippen LogP contribution in [0.3, 0.4) is 0 Å². The summed E-state index contributed by atoms with van der Waals surface area (Å²) in [6.07, 6.45) is 4.65. The van der Waals surface area contributed by atoms with Crippen LogP contribution in [0.25, 0.3) is 0 Å². The van der Waals surface area contributed by atoms with E-state index >= 15 is 0 Å². The summed E-state index contributed by atoms with van der Waals surface area (Å²) in [5.41, 5.74) is 2.45. The third-order valence-electron chi connectivity index (χ3n) is 5.97. The van der Waals surface area contributed by atoms with Gasteiger partial charge in [0.2, 0.25) is 21.9 Å². The van der Waals surface area contributed by atoms with Gasteiger partial charge in [0.15, 0.2) is 0 Å². The molecule has 0 atom stereocenters. The first kappa shape index (κ1) is 22.5. The fourth-order valence-corrected chi connectivity index (χ4v) is 5.05. The van der Waals surface area contributed by atoms with Gasteiger partial charge in [0.1, 0.15) is 5.82 Å². The molecule has 0 bridgehead atoms. The highest BCUT2D eigenvalue weighted by Gasteiger charge is 2.28. The molecule has 2 aliphatic rings. The number of anilines is 4. The predicted molar refractivity (Wildman–Crippen MR) is 126 cm³/mol. The van der Waals surface area contributed by atoms with Crippen molar-refractivity contribution in [2.45, 2.75) is 32.6 Å². The summed E-state index contributed by atoms with van der Waals surface area (Å²) in [4.78, 5) is 24.0. The lowest BCUT2D eigenvalue weighted by molar-refractivity contribution is -0.120. The largest absolute Gasteiger partial charge is 0.356 e. The first-order valence-corrected chi connectivity index (χ1v) is 12.9. The van der Waals surface area contributed by atoms with Crippen LogP contribution in [0.15, 0.2) is 30.3 Å². The smallest absolute Gasteiger partial charge is 0.229 e. The van der Waals surface area contributed by atoms with Crippen molar-refractivity contribution >= 4 is 39.1 Å². The Morgan fingerprint density at radius 1 is 1.00 bits per heavy atom. The molecule has 32 heavy (non-hydrogen) atoms. The third-order valence-corrected chi connectivity index (χ3v) is 7.28. The molecular weight excluding hydrogens is 428 g/mol. The molecule has 0 saturated carbocycles. The molecule has 4 rings (SSSR count). The van der Waals surface area contributed by atoms with Crippen molar-refractivity contribution in [3.05, 3.63) is 36.0 Å². The standard InChI is InChI=1S/C22H30N6O3S/c1-16-15-20(27-11-3-4-12-27)26-22(23-16)25-19-7-5-18(6-8-19)24-21(29)17-9-13-28(14-10-17)32(2,30)31/h5-8,15,17H,3-4,9-14H2,1-2H3,(H,24,29)(H,23,25,26). The van der Waals surface area contributed by atoms with Gasteiger partial charge in [0.05, 0.1) is 6.26 Å². The maximum absolute atomic E-state index is 12.6. The zero-order chi connectivity index (χ0) is 22.7. The minimum atomic E-state index is -3.19. The number of benzene rings is 1. The summed E-state index contributed by atoms with van der Waals surface area (Å²) in [7, 11) is -3.19. The van der Waals surface area contributed by atoms with E-state index in [1.54, 1.807) is 0 Å². The molecule has 2 aliphatic heterocycles. The van der Waals surface area contributed by atoms with E-state index in [1.807, 2.05) is 37.3 Å².